The molecular formula is C22H26F2N2O5S. The summed E-state index contributed by atoms with van der Waals surface area (Å²) in [5.74, 6) is -1.73. The smallest absolute Gasteiger partial charge is 0.246 e. The first kappa shape index (κ1) is 23.9. The van der Waals surface area contributed by atoms with Crippen molar-refractivity contribution in [1.29, 1.82) is 0 Å². The van der Waals surface area contributed by atoms with Gasteiger partial charge in [-0.1, -0.05) is 6.42 Å². The quantitative estimate of drug-likeness (QED) is 0.564. The van der Waals surface area contributed by atoms with E-state index in [0.717, 1.165) is 31.4 Å². The molecule has 0 unspecified atom stereocenters. The topological polar surface area (TPSA) is 84.9 Å². The van der Waals surface area contributed by atoms with Crippen LogP contribution in [0.1, 0.15) is 32.1 Å². The van der Waals surface area contributed by atoms with E-state index in [9.17, 15) is 22.0 Å². The van der Waals surface area contributed by atoms with Crippen LogP contribution in [0.15, 0.2) is 41.3 Å². The molecule has 3 rings (SSSR count). The summed E-state index contributed by atoms with van der Waals surface area (Å²) in [6.07, 6.45) is 2.97. The molecular weight excluding hydrogens is 442 g/mol. The van der Waals surface area contributed by atoms with Crippen molar-refractivity contribution in [3.8, 4) is 11.5 Å². The molecule has 0 aromatic heterocycles. The van der Waals surface area contributed by atoms with Crippen molar-refractivity contribution in [2.45, 2.75) is 37.0 Å². The van der Waals surface area contributed by atoms with Crippen molar-refractivity contribution in [3.63, 3.8) is 0 Å². The number of amides is 1. The van der Waals surface area contributed by atoms with Crippen LogP contribution in [0.25, 0.3) is 0 Å². The fourth-order valence-electron chi connectivity index (χ4n) is 3.43. The van der Waals surface area contributed by atoms with Crippen LogP contribution in [0.3, 0.4) is 0 Å². The molecule has 174 valence electrons. The van der Waals surface area contributed by atoms with Gasteiger partial charge in [0.05, 0.1) is 13.7 Å². The van der Waals surface area contributed by atoms with E-state index in [2.05, 4.69) is 5.32 Å². The van der Waals surface area contributed by atoms with Gasteiger partial charge in [-0.15, -0.1) is 0 Å². The van der Waals surface area contributed by atoms with Crippen LogP contribution in [0.5, 0.6) is 11.5 Å². The number of hydrogen-bond acceptors (Lipinski definition) is 5. The van der Waals surface area contributed by atoms with Crippen LogP contribution < -0.4 is 14.8 Å². The molecule has 10 heteroatoms. The number of methoxy groups -OCH3 is 1. The van der Waals surface area contributed by atoms with Crippen LogP contribution in [0, 0.1) is 11.6 Å². The SMILES string of the molecule is COc1ccc(NC(=O)CCCOc2ccc(F)cc2F)cc1S(=O)(=O)N1CCCCC1. The number of benzene rings is 2. The van der Waals surface area contributed by atoms with Gasteiger partial charge in [0, 0.05) is 31.3 Å². The lowest BCUT2D eigenvalue weighted by atomic mass is 10.2. The Balaban J connectivity index is 1.59. The van der Waals surface area contributed by atoms with E-state index in [4.69, 9.17) is 9.47 Å². The maximum Gasteiger partial charge on any atom is 0.246 e. The summed E-state index contributed by atoms with van der Waals surface area (Å²) in [6, 6.07) is 7.46. The van der Waals surface area contributed by atoms with Crippen molar-refractivity contribution in [1.82, 2.24) is 4.31 Å². The lowest BCUT2D eigenvalue weighted by Gasteiger charge is -2.26. The largest absolute Gasteiger partial charge is 0.495 e. The number of ether oxygens (including phenoxy) is 2. The van der Waals surface area contributed by atoms with Gasteiger partial charge in [-0.05, 0) is 49.6 Å². The van der Waals surface area contributed by atoms with Gasteiger partial charge >= 0.3 is 0 Å². The molecule has 1 aliphatic rings. The minimum Gasteiger partial charge on any atom is -0.495 e. The molecule has 1 heterocycles. The Hall–Kier alpha value is -2.72. The summed E-state index contributed by atoms with van der Waals surface area (Å²) in [5, 5.41) is 2.67. The second-order valence-corrected chi connectivity index (χ2v) is 9.31. The van der Waals surface area contributed by atoms with E-state index in [1.165, 1.54) is 29.6 Å². The third-order valence-corrected chi connectivity index (χ3v) is 7.00. The van der Waals surface area contributed by atoms with Crippen LogP contribution in [-0.4, -0.2) is 45.4 Å². The van der Waals surface area contributed by atoms with Crippen molar-refractivity contribution >= 4 is 21.6 Å². The lowest BCUT2D eigenvalue weighted by molar-refractivity contribution is -0.116. The minimum absolute atomic E-state index is 0.00909. The molecule has 1 saturated heterocycles. The van der Waals surface area contributed by atoms with Gasteiger partial charge in [-0.3, -0.25) is 4.79 Å². The highest BCUT2D eigenvalue weighted by Gasteiger charge is 2.29. The van der Waals surface area contributed by atoms with Crippen LogP contribution >= 0.6 is 0 Å². The summed E-state index contributed by atoms with van der Waals surface area (Å²) in [5.41, 5.74) is 0.330. The normalized spacial score (nSPS) is 14.7. The highest BCUT2D eigenvalue weighted by Crippen LogP contribution is 2.31. The predicted molar refractivity (Wildman–Crippen MR) is 115 cm³/mol. The Morgan fingerprint density at radius 2 is 1.78 bits per heavy atom. The average molecular weight is 469 g/mol. The molecule has 0 radical (unpaired) electrons. The van der Waals surface area contributed by atoms with Crippen LogP contribution in [0.2, 0.25) is 0 Å². The van der Waals surface area contributed by atoms with E-state index in [1.54, 1.807) is 6.07 Å². The van der Waals surface area contributed by atoms with E-state index in [-0.39, 0.29) is 41.8 Å². The molecule has 0 atom stereocenters. The van der Waals surface area contributed by atoms with E-state index in [0.29, 0.717) is 18.8 Å². The fourth-order valence-corrected chi connectivity index (χ4v) is 5.13. The fraction of sp³-hybridized carbons (Fsp3) is 0.409. The number of hydrogen-bond donors (Lipinski definition) is 1. The Morgan fingerprint density at radius 3 is 2.47 bits per heavy atom. The number of rotatable bonds is 9. The minimum atomic E-state index is -3.75. The lowest BCUT2D eigenvalue weighted by Crippen LogP contribution is -2.35. The van der Waals surface area contributed by atoms with Crippen LogP contribution in [-0.2, 0) is 14.8 Å². The van der Waals surface area contributed by atoms with Gasteiger partial charge in [-0.25, -0.2) is 17.2 Å². The molecule has 0 bridgehead atoms. The van der Waals surface area contributed by atoms with Crippen molar-refractivity contribution in [2.24, 2.45) is 0 Å². The summed E-state index contributed by atoms with van der Waals surface area (Å²) in [4.78, 5) is 12.3. The highest BCUT2D eigenvalue weighted by atomic mass is 32.2. The van der Waals surface area contributed by atoms with Gasteiger partial charge in [0.15, 0.2) is 11.6 Å². The number of sulfonamides is 1. The first-order valence-electron chi connectivity index (χ1n) is 10.4. The third kappa shape index (κ3) is 5.95. The molecule has 2 aromatic carbocycles. The Labute approximate surface area is 186 Å². The first-order chi connectivity index (χ1) is 15.3. The zero-order chi connectivity index (χ0) is 23.1. The summed E-state index contributed by atoms with van der Waals surface area (Å²) >= 11 is 0. The third-order valence-electron chi connectivity index (χ3n) is 5.08. The molecule has 2 aromatic rings. The molecule has 0 spiro atoms. The number of piperidine rings is 1. The number of carbonyl (C=O) groups is 1. The number of anilines is 1. The first-order valence-corrected chi connectivity index (χ1v) is 11.8. The molecule has 0 saturated carbocycles. The molecule has 1 aliphatic heterocycles. The van der Waals surface area contributed by atoms with Crippen molar-refractivity contribution in [3.05, 3.63) is 48.0 Å². The standard InChI is InChI=1S/C22H26F2N2O5S/c1-30-20-10-8-17(15-21(20)32(28,29)26-11-3-2-4-12-26)25-22(27)6-5-13-31-19-9-7-16(23)14-18(19)24/h7-10,14-15H,2-6,11-13H2,1H3,(H,25,27). The van der Waals surface area contributed by atoms with Gasteiger partial charge in [0.1, 0.15) is 16.5 Å². The zero-order valence-electron chi connectivity index (χ0n) is 17.8. The average Bonchev–Trinajstić information content (AvgIpc) is 2.78. The maximum atomic E-state index is 13.5. The molecule has 7 nitrogen and oxygen atoms in total. The molecule has 1 fully saturated rings. The Morgan fingerprint density at radius 1 is 1.06 bits per heavy atom. The van der Waals surface area contributed by atoms with Gasteiger partial charge in [0.25, 0.3) is 0 Å². The van der Waals surface area contributed by atoms with Gasteiger partial charge < -0.3 is 14.8 Å². The van der Waals surface area contributed by atoms with E-state index < -0.39 is 21.7 Å². The van der Waals surface area contributed by atoms with Gasteiger partial charge in [-0.2, -0.15) is 4.31 Å². The zero-order valence-corrected chi connectivity index (χ0v) is 18.6. The highest BCUT2D eigenvalue weighted by molar-refractivity contribution is 7.89. The van der Waals surface area contributed by atoms with E-state index in [1.807, 2.05) is 0 Å². The second-order valence-electron chi connectivity index (χ2n) is 7.41. The molecule has 0 aliphatic carbocycles. The van der Waals surface area contributed by atoms with Crippen molar-refractivity contribution in [2.75, 3.05) is 32.1 Å². The van der Waals surface area contributed by atoms with Gasteiger partial charge in [0.2, 0.25) is 15.9 Å². The molecule has 1 amide bonds. The molecule has 32 heavy (non-hydrogen) atoms. The monoisotopic (exact) mass is 468 g/mol. The summed E-state index contributed by atoms with van der Waals surface area (Å²) < 4.78 is 64.5. The second kappa shape index (κ2) is 10.7. The Kier molecular flexibility index (Phi) is 8.03. The van der Waals surface area contributed by atoms with Crippen molar-refractivity contribution < 1.29 is 31.5 Å². The number of nitrogens with zero attached hydrogens (tertiary/aromatic N) is 1. The predicted octanol–water partition coefficient (Wildman–Crippen LogP) is 3.95. The van der Waals surface area contributed by atoms with Crippen LogP contribution in [0.4, 0.5) is 14.5 Å². The number of nitrogens with one attached hydrogen (secondary N) is 1. The number of carbonyl (C=O) groups excluding carboxylic acids is 1. The molecule has 1 N–H and O–H groups in total. The number of halogens is 2. The van der Waals surface area contributed by atoms with E-state index >= 15 is 0 Å². The summed E-state index contributed by atoms with van der Waals surface area (Å²) in [6.45, 7) is 0.973. The summed E-state index contributed by atoms with van der Waals surface area (Å²) in [7, 11) is -2.35. The Bertz CT molecular complexity index is 1060. The maximum absolute atomic E-state index is 13.5.